The van der Waals surface area contributed by atoms with Crippen molar-refractivity contribution in [2.24, 2.45) is 10.5 Å². The zero-order chi connectivity index (χ0) is 13.4. The molecule has 0 aromatic rings. The van der Waals surface area contributed by atoms with Crippen molar-refractivity contribution in [1.82, 2.24) is 4.41 Å². The Balaban J connectivity index is 3.39. The van der Waals surface area contributed by atoms with Crippen LogP contribution in [0.1, 0.15) is 34.6 Å². The van der Waals surface area contributed by atoms with E-state index in [0.717, 1.165) is 5.71 Å². The fourth-order valence-corrected chi connectivity index (χ4v) is 2.80. The molecule has 0 atom stereocenters. The fourth-order valence-electron chi connectivity index (χ4n) is 1.60. The van der Waals surface area contributed by atoms with Gasteiger partial charge in [0.2, 0.25) is 0 Å². The molecule has 17 heavy (non-hydrogen) atoms. The number of hydrogen-bond acceptors (Lipinski definition) is 5. The van der Waals surface area contributed by atoms with Crippen molar-refractivity contribution in [3.05, 3.63) is 10.5 Å². The molecule has 1 rings (SSSR count). The summed E-state index contributed by atoms with van der Waals surface area (Å²) in [6.07, 6.45) is 0. The Morgan fingerprint density at radius 2 is 1.65 bits per heavy atom. The molecule has 1 aliphatic rings. The van der Waals surface area contributed by atoms with Crippen LogP contribution >= 0.6 is 11.9 Å². The average molecular weight is 254 g/mol. The van der Waals surface area contributed by atoms with E-state index in [1.165, 1.54) is 25.8 Å². The standard InChI is InChI=1S/C12H18N2O2S/c1-7(15)9(8(2)16)10-11(12(3,4)5)13-14(6)17-10/h1-6H3. The van der Waals surface area contributed by atoms with Crippen molar-refractivity contribution in [3.8, 4) is 0 Å². The highest BCUT2D eigenvalue weighted by atomic mass is 32.2. The summed E-state index contributed by atoms with van der Waals surface area (Å²) in [5, 5.41) is 4.38. The summed E-state index contributed by atoms with van der Waals surface area (Å²) in [5.74, 6) is -0.403. The Kier molecular flexibility index (Phi) is 3.81. The minimum absolute atomic E-state index is 0.191. The van der Waals surface area contributed by atoms with Gasteiger partial charge in [-0.25, -0.2) is 4.41 Å². The molecule has 0 N–H and O–H groups in total. The lowest BCUT2D eigenvalue weighted by molar-refractivity contribution is -0.119. The summed E-state index contributed by atoms with van der Waals surface area (Å²) >= 11 is 1.33. The highest BCUT2D eigenvalue weighted by Crippen LogP contribution is 2.38. The van der Waals surface area contributed by atoms with Crippen LogP contribution in [0.3, 0.4) is 0 Å². The molecule has 0 radical (unpaired) electrons. The second-order valence-corrected chi connectivity index (χ2v) is 6.19. The van der Waals surface area contributed by atoms with Gasteiger partial charge in [-0.1, -0.05) is 20.8 Å². The summed E-state index contributed by atoms with van der Waals surface area (Å²) in [4.78, 5) is 23.9. The number of allylic oxidation sites excluding steroid dienone is 2. The molecule has 0 saturated heterocycles. The molecule has 94 valence electrons. The van der Waals surface area contributed by atoms with E-state index < -0.39 is 0 Å². The maximum absolute atomic E-state index is 11.6. The highest BCUT2D eigenvalue weighted by Gasteiger charge is 2.34. The molecule has 0 aliphatic carbocycles. The van der Waals surface area contributed by atoms with Crippen molar-refractivity contribution < 1.29 is 9.59 Å². The van der Waals surface area contributed by atoms with Gasteiger partial charge in [0.05, 0.1) is 16.2 Å². The molecular formula is C12H18N2O2S. The molecule has 0 unspecified atom stereocenters. The van der Waals surface area contributed by atoms with Crippen LogP contribution in [0.4, 0.5) is 0 Å². The van der Waals surface area contributed by atoms with Gasteiger partial charge in [-0.05, 0) is 13.8 Å². The fraction of sp³-hybridized carbons (Fsp3) is 0.583. The van der Waals surface area contributed by atoms with Crippen LogP contribution in [0.25, 0.3) is 0 Å². The van der Waals surface area contributed by atoms with Crippen LogP contribution < -0.4 is 0 Å². The number of carbonyl (C=O) groups excluding carboxylic acids is 2. The van der Waals surface area contributed by atoms with E-state index in [-0.39, 0.29) is 22.6 Å². The number of ketones is 2. The van der Waals surface area contributed by atoms with E-state index in [1.54, 1.807) is 11.5 Å². The second kappa shape index (κ2) is 4.64. The van der Waals surface area contributed by atoms with E-state index in [0.29, 0.717) is 4.91 Å². The Bertz CT molecular complexity index is 414. The van der Waals surface area contributed by atoms with Gasteiger partial charge in [0.1, 0.15) is 0 Å². The van der Waals surface area contributed by atoms with Crippen molar-refractivity contribution in [2.75, 3.05) is 7.05 Å². The molecular weight excluding hydrogens is 236 g/mol. The topological polar surface area (TPSA) is 49.7 Å². The first-order valence-electron chi connectivity index (χ1n) is 5.42. The van der Waals surface area contributed by atoms with Gasteiger partial charge >= 0.3 is 0 Å². The Morgan fingerprint density at radius 1 is 1.18 bits per heavy atom. The normalized spacial score (nSPS) is 16.0. The van der Waals surface area contributed by atoms with E-state index >= 15 is 0 Å². The van der Waals surface area contributed by atoms with Crippen LogP contribution in [0.15, 0.2) is 15.6 Å². The molecule has 4 nitrogen and oxygen atoms in total. The minimum Gasteiger partial charge on any atom is -0.294 e. The molecule has 0 spiro atoms. The number of carbonyl (C=O) groups is 2. The summed E-state index contributed by atoms with van der Waals surface area (Å²) in [6, 6.07) is 0. The largest absolute Gasteiger partial charge is 0.294 e. The number of hydrazone groups is 1. The molecule has 0 saturated carbocycles. The van der Waals surface area contributed by atoms with Gasteiger partial charge in [-0.2, -0.15) is 5.10 Å². The van der Waals surface area contributed by atoms with E-state index in [4.69, 9.17) is 0 Å². The van der Waals surface area contributed by atoms with Crippen molar-refractivity contribution in [2.45, 2.75) is 34.6 Å². The number of nitrogens with zero attached hydrogens (tertiary/aromatic N) is 2. The number of rotatable bonds is 2. The first kappa shape index (κ1) is 14.0. The predicted molar refractivity (Wildman–Crippen MR) is 70.6 cm³/mol. The van der Waals surface area contributed by atoms with Crippen molar-refractivity contribution >= 4 is 29.2 Å². The third kappa shape index (κ3) is 2.97. The van der Waals surface area contributed by atoms with Crippen molar-refractivity contribution in [3.63, 3.8) is 0 Å². The lowest BCUT2D eigenvalue weighted by atomic mass is 9.87. The Labute approximate surface area is 106 Å². The third-order valence-corrected chi connectivity index (χ3v) is 3.25. The smallest absolute Gasteiger partial charge is 0.164 e. The first-order chi connectivity index (χ1) is 7.64. The van der Waals surface area contributed by atoms with E-state index in [1.807, 2.05) is 20.8 Å². The van der Waals surface area contributed by atoms with E-state index in [2.05, 4.69) is 5.10 Å². The van der Waals surface area contributed by atoms with Crippen molar-refractivity contribution in [1.29, 1.82) is 0 Å². The molecule has 0 fully saturated rings. The zero-order valence-corrected chi connectivity index (χ0v) is 11.9. The Hall–Kier alpha value is -1.10. The van der Waals surface area contributed by atoms with Gasteiger partial charge < -0.3 is 0 Å². The van der Waals surface area contributed by atoms with Crippen LogP contribution in [0, 0.1) is 5.41 Å². The molecule has 0 aromatic heterocycles. The zero-order valence-electron chi connectivity index (χ0n) is 11.1. The van der Waals surface area contributed by atoms with Crippen LogP contribution in [-0.4, -0.2) is 28.7 Å². The maximum atomic E-state index is 11.6. The molecule has 5 heteroatoms. The number of hydrogen-bond donors (Lipinski definition) is 0. The third-order valence-electron chi connectivity index (χ3n) is 2.32. The van der Waals surface area contributed by atoms with Crippen LogP contribution in [-0.2, 0) is 9.59 Å². The maximum Gasteiger partial charge on any atom is 0.164 e. The minimum atomic E-state index is -0.202. The molecule has 1 heterocycles. The van der Waals surface area contributed by atoms with E-state index in [9.17, 15) is 9.59 Å². The SMILES string of the molecule is CC(=O)C(C(C)=O)=C1SN(C)N=C1C(C)(C)C. The quantitative estimate of drug-likeness (QED) is 0.329. The second-order valence-electron chi connectivity index (χ2n) is 5.07. The molecule has 0 bridgehead atoms. The van der Waals surface area contributed by atoms with Gasteiger partial charge in [-0.15, -0.1) is 0 Å². The van der Waals surface area contributed by atoms with Gasteiger partial charge in [-0.3, -0.25) is 9.59 Å². The van der Waals surface area contributed by atoms with Crippen LogP contribution in [0.5, 0.6) is 0 Å². The summed E-state index contributed by atoms with van der Waals surface area (Å²) in [5.41, 5.74) is 0.863. The van der Waals surface area contributed by atoms with Crippen LogP contribution in [0.2, 0.25) is 0 Å². The summed E-state index contributed by atoms with van der Waals surface area (Å²) in [7, 11) is 1.81. The number of Topliss-reactive ketones (excluding diaryl/α,β-unsaturated/α-hetero) is 2. The summed E-state index contributed by atoms with van der Waals surface area (Å²) < 4.78 is 1.68. The molecule has 0 aromatic carbocycles. The Morgan fingerprint density at radius 3 is 2.00 bits per heavy atom. The molecule has 0 amide bonds. The lowest BCUT2D eigenvalue weighted by Crippen LogP contribution is -2.23. The van der Waals surface area contributed by atoms with Gasteiger partial charge in [0.15, 0.2) is 11.6 Å². The first-order valence-corrected chi connectivity index (χ1v) is 6.19. The van der Waals surface area contributed by atoms with Gasteiger partial charge in [0.25, 0.3) is 0 Å². The predicted octanol–water partition coefficient (Wildman–Crippen LogP) is 2.41. The van der Waals surface area contributed by atoms with Gasteiger partial charge in [0, 0.05) is 24.4 Å². The summed E-state index contributed by atoms with van der Waals surface area (Å²) in [6.45, 7) is 8.89. The monoisotopic (exact) mass is 254 g/mol. The highest BCUT2D eigenvalue weighted by molar-refractivity contribution is 8.02. The average Bonchev–Trinajstić information content (AvgIpc) is 2.44. The molecule has 1 aliphatic heterocycles. The lowest BCUT2D eigenvalue weighted by Gasteiger charge is -2.19.